The molecule has 0 amide bonds. The number of benzene rings is 2. The maximum absolute atomic E-state index is 9.43. The third-order valence-corrected chi connectivity index (χ3v) is 2.62. The van der Waals surface area contributed by atoms with Crippen molar-refractivity contribution in [2.24, 2.45) is 10.2 Å². The molecule has 0 radical (unpaired) electrons. The second-order valence-corrected chi connectivity index (χ2v) is 3.96. The first kappa shape index (κ1) is 12.3. The van der Waals surface area contributed by atoms with Crippen molar-refractivity contribution in [2.75, 3.05) is 0 Å². The van der Waals surface area contributed by atoms with Gasteiger partial charge in [-0.15, -0.1) is 0 Å². The van der Waals surface area contributed by atoms with Crippen molar-refractivity contribution in [1.29, 1.82) is 0 Å². The molecule has 0 aliphatic carbocycles. The average molecular weight is 242 g/mol. The van der Waals surface area contributed by atoms with Crippen molar-refractivity contribution in [3.8, 4) is 5.75 Å². The Kier molecular flexibility index (Phi) is 3.69. The van der Waals surface area contributed by atoms with E-state index in [0.717, 1.165) is 11.3 Å². The summed E-state index contributed by atoms with van der Waals surface area (Å²) in [6.45, 7) is 1.74. The second-order valence-electron chi connectivity index (χ2n) is 3.96. The molecule has 0 saturated heterocycles. The first-order chi connectivity index (χ1) is 8.70. The Morgan fingerprint density at radius 3 is 2.56 bits per heavy atom. The highest BCUT2D eigenvalue weighted by Gasteiger charge is 2.01. The van der Waals surface area contributed by atoms with E-state index in [-0.39, 0.29) is 12.4 Å². The molecule has 0 fully saturated rings. The number of hydrogen-bond acceptors (Lipinski definition) is 4. The van der Waals surface area contributed by atoms with Crippen LogP contribution in [0, 0.1) is 6.92 Å². The Morgan fingerprint density at radius 1 is 1.06 bits per heavy atom. The van der Waals surface area contributed by atoms with Crippen molar-refractivity contribution in [3.63, 3.8) is 0 Å². The van der Waals surface area contributed by atoms with Gasteiger partial charge in [-0.3, -0.25) is 0 Å². The second kappa shape index (κ2) is 5.42. The van der Waals surface area contributed by atoms with Gasteiger partial charge in [-0.2, -0.15) is 10.2 Å². The fourth-order valence-electron chi connectivity index (χ4n) is 1.55. The largest absolute Gasteiger partial charge is 0.508 e. The number of phenols is 1. The summed E-state index contributed by atoms with van der Waals surface area (Å²) in [6.07, 6.45) is 0. The summed E-state index contributed by atoms with van der Waals surface area (Å²) in [5, 5.41) is 26.7. The van der Waals surface area contributed by atoms with Crippen LogP contribution in [-0.4, -0.2) is 10.2 Å². The zero-order valence-corrected chi connectivity index (χ0v) is 10.0. The molecule has 0 aliphatic heterocycles. The summed E-state index contributed by atoms with van der Waals surface area (Å²) in [4.78, 5) is 0. The standard InChI is InChI=1S/C14H14N2O2/c1-10-4-2-3-5-13(10)16-15-12-6-7-14(18)11(8-12)9-17/h2-8,17-18H,9H2,1H3. The van der Waals surface area contributed by atoms with Crippen LogP contribution in [0.4, 0.5) is 11.4 Å². The predicted octanol–water partition coefficient (Wildman–Crippen LogP) is 3.61. The summed E-state index contributed by atoms with van der Waals surface area (Å²) in [5.41, 5.74) is 2.88. The molecule has 2 rings (SSSR count). The lowest BCUT2D eigenvalue weighted by Gasteiger charge is -2.01. The fraction of sp³-hybridized carbons (Fsp3) is 0.143. The summed E-state index contributed by atoms with van der Waals surface area (Å²) in [7, 11) is 0. The predicted molar refractivity (Wildman–Crippen MR) is 69.4 cm³/mol. The van der Waals surface area contributed by atoms with Crippen molar-refractivity contribution in [1.82, 2.24) is 0 Å². The number of azo groups is 1. The minimum atomic E-state index is -0.223. The van der Waals surface area contributed by atoms with Crippen LogP contribution in [-0.2, 0) is 6.61 Å². The molecule has 0 atom stereocenters. The molecule has 18 heavy (non-hydrogen) atoms. The van der Waals surface area contributed by atoms with Crippen LogP contribution in [0.25, 0.3) is 0 Å². The van der Waals surface area contributed by atoms with Gasteiger partial charge in [0.25, 0.3) is 0 Å². The van der Waals surface area contributed by atoms with Crippen molar-refractivity contribution in [2.45, 2.75) is 13.5 Å². The molecule has 2 aromatic carbocycles. The van der Waals surface area contributed by atoms with Gasteiger partial charge in [0.1, 0.15) is 5.75 Å². The van der Waals surface area contributed by atoms with E-state index >= 15 is 0 Å². The van der Waals surface area contributed by atoms with E-state index in [1.807, 2.05) is 31.2 Å². The van der Waals surface area contributed by atoms with E-state index in [0.29, 0.717) is 11.3 Å². The molecule has 0 aliphatic rings. The van der Waals surface area contributed by atoms with Crippen molar-refractivity contribution in [3.05, 3.63) is 53.6 Å². The lowest BCUT2D eigenvalue weighted by atomic mass is 10.2. The van der Waals surface area contributed by atoms with Gasteiger partial charge in [-0.1, -0.05) is 18.2 Å². The molecular weight excluding hydrogens is 228 g/mol. The first-order valence-corrected chi connectivity index (χ1v) is 5.61. The number of aromatic hydroxyl groups is 1. The van der Waals surface area contributed by atoms with Gasteiger partial charge in [0.2, 0.25) is 0 Å². The third kappa shape index (κ3) is 2.73. The zero-order chi connectivity index (χ0) is 13.0. The summed E-state index contributed by atoms with van der Waals surface area (Å²) >= 11 is 0. The van der Waals surface area contributed by atoms with Crippen LogP contribution in [0.15, 0.2) is 52.7 Å². The Bertz CT molecular complexity index is 580. The average Bonchev–Trinajstić information content (AvgIpc) is 2.39. The van der Waals surface area contributed by atoms with Crippen LogP contribution in [0.1, 0.15) is 11.1 Å². The quantitative estimate of drug-likeness (QED) is 0.807. The smallest absolute Gasteiger partial charge is 0.121 e. The third-order valence-electron chi connectivity index (χ3n) is 2.62. The topological polar surface area (TPSA) is 65.2 Å². The molecule has 0 aromatic heterocycles. The highest BCUT2D eigenvalue weighted by atomic mass is 16.3. The van der Waals surface area contributed by atoms with E-state index in [9.17, 15) is 5.11 Å². The molecule has 2 N–H and O–H groups in total. The van der Waals surface area contributed by atoms with E-state index in [1.165, 1.54) is 6.07 Å². The molecule has 4 nitrogen and oxygen atoms in total. The molecule has 2 aromatic rings. The Morgan fingerprint density at radius 2 is 1.83 bits per heavy atom. The van der Waals surface area contributed by atoms with Crippen LogP contribution in [0.5, 0.6) is 5.75 Å². The lowest BCUT2D eigenvalue weighted by molar-refractivity contribution is 0.275. The SMILES string of the molecule is Cc1ccccc1N=Nc1ccc(O)c(CO)c1. The number of aryl methyl sites for hydroxylation is 1. The molecule has 0 bridgehead atoms. The number of nitrogens with zero attached hydrogens (tertiary/aromatic N) is 2. The summed E-state index contributed by atoms with van der Waals surface area (Å²) in [6, 6.07) is 12.4. The molecule has 92 valence electrons. The molecule has 0 saturated carbocycles. The maximum atomic E-state index is 9.43. The minimum absolute atomic E-state index is 0.0624. The summed E-state index contributed by atoms with van der Waals surface area (Å²) < 4.78 is 0. The number of hydrogen-bond donors (Lipinski definition) is 2. The minimum Gasteiger partial charge on any atom is -0.508 e. The van der Waals surface area contributed by atoms with Crippen molar-refractivity contribution < 1.29 is 10.2 Å². The Labute approximate surface area is 105 Å². The zero-order valence-electron chi connectivity index (χ0n) is 10.0. The van der Waals surface area contributed by atoms with Gasteiger partial charge in [-0.25, -0.2) is 0 Å². The van der Waals surface area contributed by atoms with E-state index in [1.54, 1.807) is 12.1 Å². The van der Waals surface area contributed by atoms with Crippen LogP contribution in [0.3, 0.4) is 0 Å². The van der Waals surface area contributed by atoms with E-state index in [4.69, 9.17) is 5.11 Å². The Balaban J connectivity index is 2.27. The summed E-state index contributed by atoms with van der Waals surface area (Å²) in [5.74, 6) is 0.0624. The van der Waals surface area contributed by atoms with Gasteiger partial charge in [-0.05, 0) is 36.8 Å². The first-order valence-electron chi connectivity index (χ1n) is 5.61. The number of rotatable bonds is 3. The van der Waals surface area contributed by atoms with E-state index < -0.39 is 0 Å². The molecular formula is C14H14N2O2. The highest BCUT2D eigenvalue weighted by molar-refractivity contribution is 5.48. The van der Waals surface area contributed by atoms with E-state index in [2.05, 4.69) is 10.2 Å². The van der Waals surface area contributed by atoms with Crippen LogP contribution in [0.2, 0.25) is 0 Å². The van der Waals surface area contributed by atoms with Gasteiger partial charge >= 0.3 is 0 Å². The van der Waals surface area contributed by atoms with Crippen LogP contribution < -0.4 is 0 Å². The van der Waals surface area contributed by atoms with Gasteiger partial charge in [0, 0.05) is 5.56 Å². The molecule has 0 spiro atoms. The Hall–Kier alpha value is -2.20. The maximum Gasteiger partial charge on any atom is 0.121 e. The van der Waals surface area contributed by atoms with Gasteiger partial charge in [0.05, 0.1) is 18.0 Å². The van der Waals surface area contributed by atoms with Gasteiger partial charge < -0.3 is 10.2 Å². The highest BCUT2D eigenvalue weighted by Crippen LogP contribution is 2.25. The monoisotopic (exact) mass is 242 g/mol. The normalized spacial score (nSPS) is 11.0. The molecule has 0 heterocycles. The fourth-order valence-corrected chi connectivity index (χ4v) is 1.55. The number of aliphatic hydroxyl groups is 1. The molecule has 0 unspecified atom stereocenters. The molecule has 4 heteroatoms. The number of aliphatic hydroxyl groups excluding tert-OH is 1. The van der Waals surface area contributed by atoms with Crippen LogP contribution >= 0.6 is 0 Å². The van der Waals surface area contributed by atoms with Crippen molar-refractivity contribution >= 4 is 11.4 Å². The lowest BCUT2D eigenvalue weighted by Crippen LogP contribution is -1.82. The van der Waals surface area contributed by atoms with Gasteiger partial charge in [0.15, 0.2) is 0 Å².